The number of hydrogen-bond acceptors (Lipinski definition) is 4. The third kappa shape index (κ3) is 5.93. The number of amides is 1. The first-order valence-corrected chi connectivity index (χ1v) is 7.25. The SMILES string of the molecule is O=C(O)NCCN1CCC(c2cccc(OC(F)(F)F)n2)CC1. The molecule has 0 saturated carbocycles. The zero-order valence-corrected chi connectivity index (χ0v) is 12.3. The molecule has 1 aliphatic rings. The number of ether oxygens (including phenoxy) is 1. The number of rotatable bonds is 5. The van der Waals surface area contributed by atoms with Gasteiger partial charge in [-0.3, -0.25) is 0 Å². The molecule has 6 nitrogen and oxygen atoms in total. The van der Waals surface area contributed by atoms with Crippen LogP contribution in [0.15, 0.2) is 18.2 Å². The fourth-order valence-electron chi connectivity index (χ4n) is 2.61. The molecule has 0 atom stereocenters. The van der Waals surface area contributed by atoms with Crippen molar-refractivity contribution in [1.82, 2.24) is 15.2 Å². The zero-order chi connectivity index (χ0) is 16.9. The van der Waals surface area contributed by atoms with Crippen molar-refractivity contribution < 1.29 is 27.8 Å². The molecule has 2 rings (SSSR count). The van der Waals surface area contributed by atoms with Gasteiger partial charge in [-0.05, 0) is 32.0 Å². The molecule has 1 fully saturated rings. The Hall–Kier alpha value is -2.03. The second kappa shape index (κ2) is 7.49. The summed E-state index contributed by atoms with van der Waals surface area (Å²) in [6.45, 7) is 2.47. The van der Waals surface area contributed by atoms with Crippen LogP contribution in [0.5, 0.6) is 5.88 Å². The highest BCUT2D eigenvalue weighted by Crippen LogP contribution is 2.29. The second-order valence-electron chi connectivity index (χ2n) is 5.30. The van der Waals surface area contributed by atoms with Gasteiger partial charge in [0.2, 0.25) is 5.88 Å². The summed E-state index contributed by atoms with van der Waals surface area (Å²) in [5, 5.41) is 10.8. The van der Waals surface area contributed by atoms with Gasteiger partial charge < -0.3 is 20.1 Å². The highest BCUT2D eigenvalue weighted by atomic mass is 19.4. The van der Waals surface area contributed by atoms with E-state index in [-0.39, 0.29) is 5.92 Å². The van der Waals surface area contributed by atoms with Crippen molar-refractivity contribution in [3.8, 4) is 5.88 Å². The molecule has 1 amide bonds. The first kappa shape index (κ1) is 17.3. The van der Waals surface area contributed by atoms with E-state index in [1.54, 1.807) is 6.07 Å². The maximum Gasteiger partial charge on any atom is 0.574 e. The molecule has 0 radical (unpaired) electrons. The van der Waals surface area contributed by atoms with Gasteiger partial charge in [0.1, 0.15) is 0 Å². The van der Waals surface area contributed by atoms with E-state index in [4.69, 9.17) is 5.11 Å². The minimum absolute atomic E-state index is 0.0791. The predicted molar refractivity (Wildman–Crippen MR) is 75.4 cm³/mol. The summed E-state index contributed by atoms with van der Waals surface area (Å²) in [6, 6.07) is 4.39. The maximum atomic E-state index is 12.2. The Morgan fingerprint density at radius 1 is 1.39 bits per heavy atom. The van der Waals surface area contributed by atoms with E-state index in [9.17, 15) is 18.0 Å². The minimum atomic E-state index is -4.74. The lowest BCUT2D eigenvalue weighted by Gasteiger charge is -2.31. The first-order valence-electron chi connectivity index (χ1n) is 7.25. The van der Waals surface area contributed by atoms with E-state index in [0.717, 1.165) is 25.9 Å². The Morgan fingerprint density at radius 3 is 2.70 bits per heavy atom. The average molecular weight is 333 g/mol. The van der Waals surface area contributed by atoms with Gasteiger partial charge in [0.15, 0.2) is 0 Å². The third-order valence-corrected chi connectivity index (χ3v) is 3.68. The van der Waals surface area contributed by atoms with Crippen LogP contribution in [-0.4, -0.2) is 53.6 Å². The Bertz CT molecular complexity index is 531. The molecule has 1 aromatic rings. The molecule has 128 valence electrons. The van der Waals surface area contributed by atoms with Gasteiger partial charge in [-0.15, -0.1) is 13.2 Å². The van der Waals surface area contributed by atoms with E-state index in [1.165, 1.54) is 12.1 Å². The molecule has 23 heavy (non-hydrogen) atoms. The third-order valence-electron chi connectivity index (χ3n) is 3.68. The number of hydrogen-bond donors (Lipinski definition) is 2. The highest BCUT2D eigenvalue weighted by molar-refractivity contribution is 5.64. The van der Waals surface area contributed by atoms with Crippen molar-refractivity contribution >= 4 is 6.09 Å². The standard InChI is InChI=1S/C14H18F3N3O3/c15-14(16,17)23-12-3-1-2-11(19-12)10-4-7-20(8-5-10)9-6-18-13(21)22/h1-3,10,18H,4-9H2,(H,21,22). The van der Waals surface area contributed by atoms with E-state index in [1.807, 2.05) is 0 Å². The number of piperidine rings is 1. The first-order chi connectivity index (χ1) is 10.8. The number of aromatic nitrogens is 1. The molecule has 1 aromatic heterocycles. The summed E-state index contributed by atoms with van der Waals surface area (Å²) in [5.74, 6) is -0.362. The number of nitrogens with one attached hydrogen (secondary N) is 1. The van der Waals surface area contributed by atoms with E-state index < -0.39 is 18.3 Å². The van der Waals surface area contributed by atoms with Crippen molar-refractivity contribution in [3.05, 3.63) is 23.9 Å². The van der Waals surface area contributed by atoms with Gasteiger partial charge in [-0.25, -0.2) is 9.78 Å². The summed E-state index contributed by atoms with van der Waals surface area (Å²) < 4.78 is 40.5. The number of carbonyl (C=O) groups is 1. The van der Waals surface area contributed by atoms with Crippen LogP contribution in [-0.2, 0) is 0 Å². The Kier molecular flexibility index (Phi) is 5.64. The molecule has 0 bridgehead atoms. The van der Waals surface area contributed by atoms with Crippen LogP contribution in [0.25, 0.3) is 0 Å². The molecule has 0 aliphatic carbocycles. The van der Waals surface area contributed by atoms with E-state index >= 15 is 0 Å². The molecule has 0 aromatic carbocycles. The van der Waals surface area contributed by atoms with Gasteiger partial charge in [0.25, 0.3) is 0 Å². The van der Waals surface area contributed by atoms with Crippen LogP contribution in [0.2, 0.25) is 0 Å². The molecule has 1 aliphatic heterocycles. The lowest BCUT2D eigenvalue weighted by molar-refractivity contribution is -0.276. The summed E-state index contributed by atoms with van der Waals surface area (Å²) in [4.78, 5) is 16.4. The molecule has 9 heteroatoms. The Balaban J connectivity index is 1.85. The van der Waals surface area contributed by atoms with E-state index in [2.05, 4.69) is 19.9 Å². The van der Waals surface area contributed by atoms with Gasteiger partial charge in [-0.2, -0.15) is 0 Å². The number of alkyl halides is 3. The molecular weight excluding hydrogens is 315 g/mol. The monoisotopic (exact) mass is 333 g/mol. The Morgan fingerprint density at radius 2 is 2.09 bits per heavy atom. The molecule has 1 saturated heterocycles. The van der Waals surface area contributed by atoms with Gasteiger partial charge in [0, 0.05) is 30.8 Å². The predicted octanol–water partition coefficient (Wildman–Crippen LogP) is 2.43. The van der Waals surface area contributed by atoms with Crippen molar-refractivity contribution in [1.29, 1.82) is 0 Å². The largest absolute Gasteiger partial charge is 0.574 e. The van der Waals surface area contributed by atoms with Crippen LogP contribution in [0.1, 0.15) is 24.5 Å². The normalized spacial score (nSPS) is 17.0. The summed E-state index contributed by atoms with van der Waals surface area (Å²) in [6.07, 6.45) is -4.28. The van der Waals surface area contributed by atoms with Crippen molar-refractivity contribution in [3.63, 3.8) is 0 Å². The highest BCUT2D eigenvalue weighted by Gasteiger charge is 2.32. The number of halogens is 3. The van der Waals surface area contributed by atoms with E-state index in [0.29, 0.717) is 18.8 Å². The van der Waals surface area contributed by atoms with Crippen molar-refractivity contribution in [2.75, 3.05) is 26.2 Å². The lowest BCUT2D eigenvalue weighted by Crippen LogP contribution is -2.39. The minimum Gasteiger partial charge on any atom is -0.465 e. The number of nitrogens with zero attached hydrogens (tertiary/aromatic N) is 2. The van der Waals surface area contributed by atoms with Gasteiger partial charge >= 0.3 is 12.5 Å². The van der Waals surface area contributed by atoms with Crippen LogP contribution in [0.4, 0.5) is 18.0 Å². The molecule has 2 N–H and O–H groups in total. The van der Waals surface area contributed by atoms with Crippen LogP contribution >= 0.6 is 0 Å². The fourth-order valence-corrected chi connectivity index (χ4v) is 2.61. The van der Waals surface area contributed by atoms with Crippen molar-refractivity contribution in [2.45, 2.75) is 25.1 Å². The molecular formula is C14H18F3N3O3. The van der Waals surface area contributed by atoms with Crippen LogP contribution < -0.4 is 10.1 Å². The number of likely N-dealkylation sites (tertiary alicyclic amines) is 1. The quantitative estimate of drug-likeness (QED) is 0.866. The Labute approximate surface area is 131 Å². The number of pyridine rings is 1. The zero-order valence-electron chi connectivity index (χ0n) is 12.3. The van der Waals surface area contributed by atoms with Gasteiger partial charge in [0.05, 0.1) is 0 Å². The summed E-state index contributed by atoms with van der Waals surface area (Å²) in [7, 11) is 0. The average Bonchev–Trinajstić information content (AvgIpc) is 2.46. The van der Waals surface area contributed by atoms with Gasteiger partial charge in [-0.1, -0.05) is 6.07 Å². The van der Waals surface area contributed by atoms with Crippen molar-refractivity contribution in [2.24, 2.45) is 0 Å². The lowest BCUT2D eigenvalue weighted by atomic mass is 9.93. The summed E-state index contributed by atoms with van der Waals surface area (Å²) >= 11 is 0. The van der Waals surface area contributed by atoms with Crippen LogP contribution in [0, 0.1) is 0 Å². The second-order valence-corrected chi connectivity index (χ2v) is 5.30. The van der Waals surface area contributed by atoms with Crippen LogP contribution in [0.3, 0.4) is 0 Å². The summed E-state index contributed by atoms with van der Waals surface area (Å²) in [5.41, 5.74) is 0.593. The fraction of sp³-hybridized carbons (Fsp3) is 0.571. The maximum absolute atomic E-state index is 12.2. The molecule has 0 unspecified atom stereocenters. The number of carboxylic acid groups (broad SMARTS) is 1. The smallest absolute Gasteiger partial charge is 0.465 e. The molecule has 2 heterocycles. The topological polar surface area (TPSA) is 74.7 Å². The molecule has 0 spiro atoms.